The van der Waals surface area contributed by atoms with Crippen LogP contribution in [-0.2, 0) is 6.42 Å². The molecule has 2 aliphatic carbocycles. The van der Waals surface area contributed by atoms with Crippen LogP contribution in [0.4, 0.5) is 13.2 Å². The van der Waals surface area contributed by atoms with Gasteiger partial charge in [-0.3, -0.25) is 0 Å². The Labute approximate surface area is 296 Å². The maximum absolute atomic E-state index is 15.5. The van der Waals surface area contributed by atoms with Gasteiger partial charge in [0.15, 0.2) is 11.6 Å². The van der Waals surface area contributed by atoms with Crippen molar-refractivity contribution in [3.8, 4) is 22.3 Å². The molecule has 3 heteroatoms. The Morgan fingerprint density at radius 1 is 0.551 bits per heavy atom. The molecule has 0 spiro atoms. The maximum atomic E-state index is 15.5. The van der Waals surface area contributed by atoms with E-state index >= 15 is 8.78 Å². The molecule has 2 aliphatic rings. The van der Waals surface area contributed by atoms with Crippen molar-refractivity contribution in [3.05, 3.63) is 89.3 Å². The van der Waals surface area contributed by atoms with Crippen LogP contribution in [0.1, 0.15) is 153 Å². The maximum Gasteiger partial charge on any atom is 0.166 e. The summed E-state index contributed by atoms with van der Waals surface area (Å²) in [7, 11) is 0. The molecule has 3 aromatic rings. The van der Waals surface area contributed by atoms with E-state index in [-0.39, 0.29) is 11.4 Å². The van der Waals surface area contributed by atoms with Gasteiger partial charge in [0.2, 0.25) is 0 Å². The Kier molecular flexibility index (Phi) is 14.9. The molecular weight excluding hydrogens is 610 g/mol. The monoisotopic (exact) mass is 670 g/mol. The van der Waals surface area contributed by atoms with E-state index in [1.54, 1.807) is 30.3 Å². The topological polar surface area (TPSA) is 0 Å². The number of hydrogen-bond donors (Lipinski definition) is 0. The van der Waals surface area contributed by atoms with E-state index < -0.39 is 11.6 Å². The van der Waals surface area contributed by atoms with E-state index in [9.17, 15) is 4.39 Å². The SMILES string of the molecule is CCCCCCCCCc1ccc(-c2ccc(-c3ccc(C4=CCC(C5CCC(CCCCCCC)CC5)CC4)c(F)c3)cc2)c(F)c1F. The van der Waals surface area contributed by atoms with Gasteiger partial charge >= 0.3 is 0 Å². The number of hydrogen-bond acceptors (Lipinski definition) is 0. The zero-order valence-electron chi connectivity index (χ0n) is 30.5. The molecule has 0 N–H and O–H groups in total. The first-order chi connectivity index (χ1) is 24.0. The summed E-state index contributed by atoms with van der Waals surface area (Å²) in [5.41, 5.74) is 4.86. The van der Waals surface area contributed by atoms with Gasteiger partial charge < -0.3 is 0 Å². The summed E-state index contributed by atoms with van der Waals surface area (Å²) >= 11 is 0. The lowest BCUT2D eigenvalue weighted by atomic mass is 9.70. The number of unbranched alkanes of at least 4 members (excludes halogenated alkanes) is 10. The Hall–Kier alpha value is -2.81. The molecule has 0 aromatic heterocycles. The molecule has 0 saturated heterocycles. The first kappa shape index (κ1) is 37.4. The molecule has 1 saturated carbocycles. The lowest BCUT2D eigenvalue weighted by Gasteiger charge is -2.35. The summed E-state index contributed by atoms with van der Waals surface area (Å²) in [6.07, 6.45) is 28.0. The fraction of sp³-hybridized carbons (Fsp3) is 0.565. The van der Waals surface area contributed by atoms with Crippen LogP contribution in [0.15, 0.2) is 60.7 Å². The summed E-state index contributed by atoms with van der Waals surface area (Å²) in [5, 5.41) is 0. The molecule has 49 heavy (non-hydrogen) atoms. The van der Waals surface area contributed by atoms with Crippen molar-refractivity contribution in [1.82, 2.24) is 0 Å². The zero-order chi connectivity index (χ0) is 34.4. The quantitative estimate of drug-likeness (QED) is 0.118. The standard InChI is InChI=1S/C46H61F3/c1-3-5-7-9-10-12-14-16-40-29-32-43(46(49)45(40)48)39-27-23-37(24-28-39)41-30-31-42(44(47)33-41)38-25-21-36(22-26-38)35-19-17-34(18-20-35)15-13-11-8-6-4-2/h23-25,27-36H,3-22,26H2,1-2H3. The molecule has 0 heterocycles. The van der Waals surface area contributed by atoms with Crippen LogP contribution in [0.5, 0.6) is 0 Å². The van der Waals surface area contributed by atoms with Crippen molar-refractivity contribution in [2.75, 3.05) is 0 Å². The third-order valence-corrected chi connectivity index (χ3v) is 11.8. The predicted molar refractivity (Wildman–Crippen MR) is 203 cm³/mol. The molecule has 1 unspecified atom stereocenters. The zero-order valence-corrected chi connectivity index (χ0v) is 30.5. The van der Waals surface area contributed by atoms with Gasteiger partial charge in [0.25, 0.3) is 0 Å². The number of halogens is 3. The fourth-order valence-corrected chi connectivity index (χ4v) is 8.59. The lowest BCUT2D eigenvalue weighted by molar-refractivity contribution is 0.187. The van der Waals surface area contributed by atoms with Crippen LogP contribution in [0.25, 0.3) is 27.8 Å². The minimum atomic E-state index is -0.785. The Bertz CT molecular complexity index is 1460. The fourth-order valence-electron chi connectivity index (χ4n) is 8.59. The number of benzene rings is 3. The van der Waals surface area contributed by atoms with Gasteiger partial charge in [-0.25, -0.2) is 13.2 Å². The van der Waals surface area contributed by atoms with Gasteiger partial charge in [-0.15, -0.1) is 0 Å². The average Bonchev–Trinajstić information content (AvgIpc) is 3.13. The summed E-state index contributed by atoms with van der Waals surface area (Å²) in [5.74, 6) is 0.820. The first-order valence-electron chi connectivity index (χ1n) is 20.0. The minimum Gasteiger partial charge on any atom is -0.206 e. The minimum absolute atomic E-state index is 0.185. The molecule has 1 atom stereocenters. The summed E-state index contributed by atoms with van der Waals surface area (Å²) < 4.78 is 45.6. The molecule has 0 aliphatic heterocycles. The molecule has 0 bridgehead atoms. The van der Waals surface area contributed by atoms with Crippen molar-refractivity contribution in [2.24, 2.45) is 17.8 Å². The number of allylic oxidation sites excluding steroid dienone is 2. The van der Waals surface area contributed by atoms with E-state index in [1.807, 2.05) is 24.3 Å². The summed E-state index contributed by atoms with van der Waals surface area (Å²) in [6, 6.07) is 16.3. The van der Waals surface area contributed by atoms with Crippen LogP contribution >= 0.6 is 0 Å². The molecule has 1 fully saturated rings. The molecule has 0 amide bonds. The largest absolute Gasteiger partial charge is 0.206 e. The normalized spacial score (nSPS) is 19.6. The number of aryl methyl sites for hydroxylation is 1. The average molecular weight is 671 g/mol. The van der Waals surface area contributed by atoms with E-state index in [2.05, 4.69) is 19.9 Å². The van der Waals surface area contributed by atoms with Crippen LogP contribution in [0, 0.1) is 35.2 Å². The highest BCUT2D eigenvalue weighted by atomic mass is 19.2. The second-order valence-electron chi connectivity index (χ2n) is 15.3. The van der Waals surface area contributed by atoms with E-state index in [0.29, 0.717) is 17.5 Å². The Morgan fingerprint density at radius 3 is 1.82 bits per heavy atom. The van der Waals surface area contributed by atoms with Crippen LogP contribution in [-0.4, -0.2) is 0 Å². The van der Waals surface area contributed by atoms with E-state index in [1.165, 1.54) is 89.9 Å². The third-order valence-electron chi connectivity index (χ3n) is 11.8. The van der Waals surface area contributed by atoms with Crippen molar-refractivity contribution in [3.63, 3.8) is 0 Å². The van der Waals surface area contributed by atoms with Crippen LogP contribution in [0.2, 0.25) is 0 Å². The van der Waals surface area contributed by atoms with Gasteiger partial charge in [0, 0.05) is 11.1 Å². The molecule has 0 nitrogen and oxygen atoms in total. The van der Waals surface area contributed by atoms with Gasteiger partial charge in [0.05, 0.1) is 0 Å². The van der Waals surface area contributed by atoms with Gasteiger partial charge in [-0.2, -0.15) is 0 Å². The van der Waals surface area contributed by atoms with E-state index in [4.69, 9.17) is 0 Å². The Balaban J connectivity index is 1.12. The predicted octanol–water partition coefficient (Wildman–Crippen LogP) is 15.1. The second-order valence-corrected chi connectivity index (χ2v) is 15.3. The van der Waals surface area contributed by atoms with Crippen LogP contribution < -0.4 is 0 Å². The lowest BCUT2D eigenvalue weighted by Crippen LogP contribution is -2.23. The molecule has 266 valence electrons. The smallest absolute Gasteiger partial charge is 0.166 e. The highest BCUT2D eigenvalue weighted by Crippen LogP contribution is 2.43. The van der Waals surface area contributed by atoms with Crippen molar-refractivity contribution in [2.45, 2.75) is 149 Å². The van der Waals surface area contributed by atoms with Crippen molar-refractivity contribution < 1.29 is 13.2 Å². The second kappa shape index (κ2) is 19.5. The van der Waals surface area contributed by atoms with Crippen molar-refractivity contribution >= 4 is 5.57 Å². The first-order valence-corrected chi connectivity index (χ1v) is 20.0. The third kappa shape index (κ3) is 10.6. The summed E-state index contributed by atoms with van der Waals surface area (Å²) in [6.45, 7) is 4.49. The molecule has 3 aromatic carbocycles. The van der Waals surface area contributed by atoms with E-state index in [0.717, 1.165) is 78.5 Å². The van der Waals surface area contributed by atoms with Crippen molar-refractivity contribution in [1.29, 1.82) is 0 Å². The van der Waals surface area contributed by atoms with Crippen LogP contribution in [0.3, 0.4) is 0 Å². The van der Waals surface area contributed by atoms with Gasteiger partial charge in [0.1, 0.15) is 5.82 Å². The van der Waals surface area contributed by atoms with Gasteiger partial charge in [-0.1, -0.05) is 158 Å². The Morgan fingerprint density at radius 2 is 1.16 bits per heavy atom. The number of rotatable bonds is 18. The van der Waals surface area contributed by atoms with Gasteiger partial charge in [-0.05, 0) is 96.6 Å². The molecular formula is C46H61F3. The molecule has 0 radical (unpaired) electrons. The highest BCUT2D eigenvalue weighted by Gasteiger charge is 2.29. The summed E-state index contributed by atoms with van der Waals surface area (Å²) in [4.78, 5) is 0. The highest BCUT2D eigenvalue weighted by molar-refractivity contribution is 5.74. The molecule has 5 rings (SSSR count).